The lowest BCUT2D eigenvalue weighted by molar-refractivity contribution is 0.0951. The van der Waals surface area contributed by atoms with Crippen LogP contribution in [0.25, 0.3) is 11.3 Å². The van der Waals surface area contributed by atoms with Gasteiger partial charge in [0.2, 0.25) is 0 Å². The SMILES string of the molecule is CCCCOc1ccc(C(=O)NCc2ccc(-c3cnn(C)c3)nc2)cc1. The van der Waals surface area contributed by atoms with Crippen molar-refractivity contribution in [3.63, 3.8) is 0 Å². The summed E-state index contributed by atoms with van der Waals surface area (Å²) in [4.78, 5) is 16.7. The minimum atomic E-state index is -0.119. The molecule has 0 aliphatic heterocycles. The van der Waals surface area contributed by atoms with Crippen LogP contribution in [0, 0.1) is 0 Å². The zero-order valence-corrected chi connectivity index (χ0v) is 15.7. The molecule has 0 unspecified atom stereocenters. The summed E-state index contributed by atoms with van der Waals surface area (Å²) in [5.74, 6) is 0.668. The van der Waals surface area contributed by atoms with Gasteiger partial charge in [0, 0.05) is 37.1 Å². The second kappa shape index (κ2) is 8.98. The largest absolute Gasteiger partial charge is 0.494 e. The summed E-state index contributed by atoms with van der Waals surface area (Å²) in [5, 5.41) is 7.06. The number of unbranched alkanes of at least 4 members (excludes halogenated alkanes) is 1. The molecule has 0 spiro atoms. The molecule has 0 bridgehead atoms. The van der Waals surface area contributed by atoms with E-state index in [1.165, 1.54) is 0 Å². The van der Waals surface area contributed by atoms with E-state index in [2.05, 4.69) is 22.3 Å². The maximum Gasteiger partial charge on any atom is 0.251 e. The molecule has 0 atom stereocenters. The van der Waals surface area contributed by atoms with Crippen molar-refractivity contribution in [2.45, 2.75) is 26.3 Å². The number of nitrogens with zero attached hydrogens (tertiary/aromatic N) is 3. The number of hydrogen-bond donors (Lipinski definition) is 1. The molecule has 0 fully saturated rings. The van der Waals surface area contributed by atoms with Gasteiger partial charge in [0.1, 0.15) is 5.75 Å². The molecule has 1 aromatic carbocycles. The minimum Gasteiger partial charge on any atom is -0.494 e. The summed E-state index contributed by atoms with van der Waals surface area (Å²) in [6, 6.07) is 11.1. The lowest BCUT2D eigenvalue weighted by atomic mass is 10.2. The monoisotopic (exact) mass is 364 g/mol. The Hall–Kier alpha value is -3.15. The van der Waals surface area contributed by atoms with E-state index in [0.717, 1.165) is 35.4 Å². The van der Waals surface area contributed by atoms with Gasteiger partial charge >= 0.3 is 0 Å². The highest BCUT2D eigenvalue weighted by atomic mass is 16.5. The summed E-state index contributed by atoms with van der Waals surface area (Å²) >= 11 is 0. The summed E-state index contributed by atoms with van der Waals surface area (Å²) < 4.78 is 7.36. The molecule has 1 amide bonds. The van der Waals surface area contributed by atoms with Gasteiger partial charge < -0.3 is 10.1 Å². The van der Waals surface area contributed by atoms with E-state index in [4.69, 9.17) is 4.74 Å². The van der Waals surface area contributed by atoms with Gasteiger partial charge in [0.25, 0.3) is 5.91 Å². The molecule has 2 aromatic heterocycles. The maximum atomic E-state index is 12.3. The molecule has 0 aliphatic rings. The Morgan fingerprint density at radius 1 is 1.15 bits per heavy atom. The van der Waals surface area contributed by atoms with E-state index in [9.17, 15) is 4.79 Å². The third kappa shape index (κ3) is 5.17. The number of nitrogens with one attached hydrogen (secondary N) is 1. The van der Waals surface area contributed by atoms with Gasteiger partial charge in [-0.15, -0.1) is 0 Å². The minimum absolute atomic E-state index is 0.119. The van der Waals surface area contributed by atoms with E-state index in [-0.39, 0.29) is 5.91 Å². The number of rotatable bonds is 8. The van der Waals surface area contributed by atoms with Gasteiger partial charge in [-0.2, -0.15) is 5.10 Å². The van der Waals surface area contributed by atoms with Crippen LogP contribution in [-0.2, 0) is 13.6 Å². The number of amides is 1. The highest BCUT2D eigenvalue weighted by Gasteiger charge is 2.07. The topological polar surface area (TPSA) is 69.0 Å². The fraction of sp³-hybridized carbons (Fsp3) is 0.286. The normalized spacial score (nSPS) is 10.6. The average molecular weight is 364 g/mol. The van der Waals surface area contributed by atoms with Gasteiger partial charge in [0.05, 0.1) is 18.5 Å². The highest BCUT2D eigenvalue weighted by molar-refractivity contribution is 5.94. The maximum absolute atomic E-state index is 12.3. The van der Waals surface area contributed by atoms with Crippen LogP contribution in [0.15, 0.2) is 55.0 Å². The molecule has 1 N–H and O–H groups in total. The van der Waals surface area contributed by atoms with Crippen LogP contribution in [0.5, 0.6) is 5.75 Å². The number of carbonyl (C=O) groups is 1. The Kier molecular flexibility index (Phi) is 6.20. The second-order valence-electron chi connectivity index (χ2n) is 6.36. The molecule has 3 aromatic rings. The van der Waals surface area contributed by atoms with E-state index < -0.39 is 0 Å². The number of aromatic nitrogens is 3. The van der Waals surface area contributed by atoms with Crippen molar-refractivity contribution in [1.82, 2.24) is 20.1 Å². The molecule has 3 rings (SSSR count). The van der Waals surface area contributed by atoms with E-state index in [1.807, 2.05) is 37.5 Å². The van der Waals surface area contributed by atoms with Crippen molar-refractivity contribution in [3.05, 3.63) is 66.1 Å². The molecule has 6 nitrogen and oxygen atoms in total. The molecular weight excluding hydrogens is 340 g/mol. The Labute approximate surface area is 159 Å². The van der Waals surface area contributed by atoms with Crippen molar-refractivity contribution in [2.75, 3.05) is 6.61 Å². The summed E-state index contributed by atoms with van der Waals surface area (Å²) in [6.07, 6.45) is 7.58. The van der Waals surface area contributed by atoms with Crippen LogP contribution in [0.2, 0.25) is 0 Å². The molecule has 27 heavy (non-hydrogen) atoms. The van der Waals surface area contributed by atoms with Crippen molar-refractivity contribution in [3.8, 4) is 17.0 Å². The smallest absolute Gasteiger partial charge is 0.251 e. The van der Waals surface area contributed by atoms with Gasteiger partial charge in [-0.3, -0.25) is 14.5 Å². The van der Waals surface area contributed by atoms with Gasteiger partial charge in [-0.05, 0) is 42.3 Å². The van der Waals surface area contributed by atoms with Crippen molar-refractivity contribution in [2.24, 2.45) is 7.05 Å². The third-order valence-electron chi connectivity index (χ3n) is 4.16. The number of benzene rings is 1. The molecule has 0 aliphatic carbocycles. The van der Waals surface area contributed by atoms with E-state index in [1.54, 1.807) is 29.2 Å². The predicted molar refractivity (Wildman–Crippen MR) is 104 cm³/mol. The first-order valence-corrected chi connectivity index (χ1v) is 9.10. The fourth-order valence-corrected chi connectivity index (χ4v) is 2.57. The molecule has 2 heterocycles. The zero-order valence-electron chi connectivity index (χ0n) is 15.7. The van der Waals surface area contributed by atoms with Crippen LogP contribution < -0.4 is 10.1 Å². The van der Waals surface area contributed by atoms with Crippen LogP contribution in [0.4, 0.5) is 0 Å². The van der Waals surface area contributed by atoms with E-state index in [0.29, 0.717) is 18.7 Å². The van der Waals surface area contributed by atoms with Gasteiger partial charge in [-0.1, -0.05) is 19.4 Å². The molecular formula is C21H24N4O2. The molecule has 0 radical (unpaired) electrons. The van der Waals surface area contributed by atoms with E-state index >= 15 is 0 Å². The molecule has 140 valence electrons. The van der Waals surface area contributed by atoms with Gasteiger partial charge in [0.15, 0.2) is 0 Å². The van der Waals surface area contributed by atoms with Crippen LogP contribution >= 0.6 is 0 Å². The first-order valence-electron chi connectivity index (χ1n) is 9.10. The number of ether oxygens (including phenoxy) is 1. The van der Waals surface area contributed by atoms with Crippen molar-refractivity contribution in [1.29, 1.82) is 0 Å². The Morgan fingerprint density at radius 3 is 2.59 bits per heavy atom. The molecule has 0 saturated carbocycles. The lowest BCUT2D eigenvalue weighted by Gasteiger charge is -2.08. The standard InChI is InChI=1S/C21H24N4O2/c1-3-4-11-27-19-8-6-17(7-9-19)21(26)23-13-16-5-10-20(22-12-16)18-14-24-25(2)15-18/h5-10,12,14-15H,3-4,11,13H2,1-2H3,(H,23,26). The summed E-state index contributed by atoms with van der Waals surface area (Å²) in [7, 11) is 1.87. The Morgan fingerprint density at radius 2 is 1.96 bits per heavy atom. The summed E-state index contributed by atoms with van der Waals surface area (Å²) in [6.45, 7) is 3.25. The number of aryl methyl sites for hydroxylation is 1. The fourth-order valence-electron chi connectivity index (χ4n) is 2.57. The number of pyridine rings is 1. The average Bonchev–Trinajstić information content (AvgIpc) is 3.13. The zero-order chi connectivity index (χ0) is 19.1. The van der Waals surface area contributed by atoms with Crippen LogP contribution in [0.1, 0.15) is 35.7 Å². The lowest BCUT2D eigenvalue weighted by Crippen LogP contribution is -2.22. The first-order chi connectivity index (χ1) is 13.2. The van der Waals surface area contributed by atoms with Crippen molar-refractivity contribution >= 4 is 5.91 Å². The van der Waals surface area contributed by atoms with Crippen molar-refractivity contribution < 1.29 is 9.53 Å². The Balaban J connectivity index is 1.52. The highest BCUT2D eigenvalue weighted by Crippen LogP contribution is 2.16. The Bertz CT molecular complexity index is 870. The van der Waals surface area contributed by atoms with Gasteiger partial charge in [-0.25, -0.2) is 0 Å². The second-order valence-corrected chi connectivity index (χ2v) is 6.36. The molecule has 0 saturated heterocycles. The molecule has 6 heteroatoms. The van der Waals surface area contributed by atoms with Crippen LogP contribution in [-0.4, -0.2) is 27.3 Å². The first kappa shape index (κ1) is 18.6. The van der Waals surface area contributed by atoms with Crippen LogP contribution in [0.3, 0.4) is 0 Å². The summed E-state index contributed by atoms with van der Waals surface area (Å²) in [5.41, 5.74) is 3.37. The quantitative estimate of drug-likeness (QED) is 0.620. The number of hydrogen-bond acceptors (Lipinski definition) is 4. The third-order valence-corrected chi connectivity index (χ3v) is 4.16. The number of carbonyl (C=O) groups excluding carboxylic acids is 1. The predicted octanol–water partition coefficient (Wildman–Crippen LogP) is 3.59.